The van der Waals surface area contributed by atoms with Crippen LogP contribution in [0.3, 0.4) is 0 Å². The molecule has 1 amide bonds. The number of hydrogen-bond donors (Lipinski definition) is 1. The maximum atomic E-state index is 13.2. The minimum Gasteiger partial charge on any atom is -0.495 e. The first-order valence-electron chi connectivity index (χ1n) is 9.96. The van der Waals surface area contributed by atoms with Crippen molar-refractivity contribution in [3.63, 3.8) is 0 Å². The van der Waals surface area contributed by atoms with E-state index in [2.05, 4.69) is 37.9 Å². The predicted molar refractivity (Wildman–Crippen MR) is 119 cm³/mol. The molecule has 1 aliphatic heterocycles. The number of likely N-dealkylation sites (tertiary alicyclic amines) is 1. The first-order chi connectivity index (χ1) is 15.1. The molecule has 1 aromatic heterocycles. The molecule has 31 heavy (non-hydrogen) atoms. The summed E-state index contributed by atoms with van der Waals surface area (Å²) in [6.45, 7) is 1.28. The monoisotopic (exact) mass is 438 g/mol. The van der Waals surface area contributed by atoms with Gasteiger partial charge in [0.15, 0.2) is 0 Å². The molecule has 0 unspecified atom stereocenters. The average molecular weight is 439 g/mol. The molecule has 9 heteroatoms. The number of amides is 1. The highest BCUT2D eigenvalue weighted by Crippen LogP contribution is 2.31. The van der Waals surface area contributed by atoms with Crippen molar-refractivity contribution >= 4 is 29.3 Å². The third-order valence-corrected chi connectivity index (χ3v) is 5.53. The van der Waals surface area contributed by atoms with E-state index in [4.69, 9.17) is 16.3 Å². The average Bonchev–Trinajstić information content (AvgIpc) is 3.45. The van der Waals surface area contributed by atoms with Crippen LogP contribution in [0.5, 0.6) is 5.75 Å². The zero-order valence-electron chi connectivity index (χ0n) is 17.1. The van der Waals surface area contributed by atoms with Gasteiger partial charge in [0.2, 0.25) is 5.91 Å². The quantitative estimate of drug-likeness (QED) is 0.609. The number of carbonyl (C=O) groups is 1. The third-order valence-electron chi connectivity index (χ3n) is 5.29. The number of carbonyl (C=O) groups excluding carboxylic acids is 1. The van der Waals surface area contributed by atoms with Crippen molar-refractivity contribution in [1.82, 2.24) is 25.1 Å². The van der Waals surface area contributed by atoms with E-state index in [9.17, 15) is 4.79 Å². The molecule has 4 rings (SSSR count). The zero-order chi connectivity index (χ0) is 21.6. The van der Waals surface area contributed by atoms with Gasteiger partial charge < -0.3 is 10.1 Å². The number of anilines is 1. The zero-order valence-corrected chi connectivity index (χ0v) is 17.8. The summed E-state index contributed by atoms with van der Waals surface area (Å²) in [5, 5.41) is 15.0. The van der Waals surface area contributed by atoms with Crippen LogP contribution in [0.4, 0.5) is 5.69 Å². The van der Waals surface area contributed by atoms with Crippen LogP contribution < -0.4 is 10.1 Å². The van der Waals surface area contributed by atoms with E-state index in [1.807, 2.05) is 30.3 Å². The topological polar surface area (TPSA) is 85.2 Å². The molecule has 2 aromatic carbocycles. The molecule has 2 heterocycles. The van der Waals surface area contributed by atoms with E-state index in [0.717, 1.165) is 5.56 Å². The van der Waals surface area contributed by atoms with E-state index < -0.39 is 0 Å². The highest BCUT2D eigenvalue weighted by Gasteiger charge is 2.37. The molecule has 1 fully saturated rings. The lowest BCUT2D eigenvalue weighted by Crippen LogP contribution is -2.39. The Kier molecular flexibility index (Phi) is 6.59. The lowest BCUT2D eigenvalue weighted by atomic mass is 10.1. The van der Waals surface area contributed by atoms with Gasteiger partial charge in [0, 0.05) is 18.1 Å². The standard InChI is InChI=1S/C22H23ClN6O2/c1-31-21-10-9-17(23)12-19(21)25-22(30)20-13-18(29-15-24-26-27-29)14-28(20)11-5-8-16-6-3-2-4-7-16/h2-10,12,15,18,20H,11,13-14H2,1H3,(H,25,30)/b8-5+/t18-,20+/m1/s1. The number of nitrogens with one attached hydrogen (secondary N) is 1. The molecule has 1 saturated heterocycles. The second-order valence-electron chi connectivity index (χ2n) is 7.30. The van der Waals surface area contributed by atoms with Crippen molar-refractivity contribution in [2.24, 2.45) is 0 Å². The number of benzene rings is 2. The Morgan fingerprint density at radius 2 is 2.13 bits per heavy atom. The molecule has 1 N–H and O–H groups in total. The molecule has 160 valence electrons. The minimum absolute atomic E-state index is 0.0112. The van der Waals surface area contributed by atoms with Gasteiger partial charge in [-0.25, -0.2) is 4.68 Å². The summed E-state index contributed by atoms with van der Waals surface area (Å²) in [5.41, 5.74) is 1.66. The summed E-state index contributed by atoms with van der Waals surface area (Å²) in [7, 11) is 1.56. The van der Waals surface area contributed by atoms with E-state index in [-0.39, 0.29) is 18.0 Å². The van der Waals surface area contributed by atoms with Gasteiger partial charge in [0.1, 0.15) is 12.1 Å². The minimum atomic E-state index is -0.349. The van der Waals surface area contributed by atoms with Gasteiger partial charge in [0.25, 0.3) is 0 Å². The van der Waals surface area contributed by atoms with Crippen LogP contribution in [0.15, 0.2) is 60.9 Å². The Labute approximate surface area is 185 Å². The Morgan fingerprint density at radius 3 is 2.87 bits per heavy atom. The Hall–Kier alpha value is -3.23. The largest absolute Gasteiger partial charge is 0.495 e. The fourth-order valence-corrected chi connectivity index (χ4v) is 3.94. The smallest absolute Gasteiger partial charge is 0.241 e. The Balaban J connectivity index is 1.51. The third kappa shape index (κ3) is 5.10. The highest BCUT2D eigenvalue weighted by atomic mass is 35.5. The van der Waals surface area contributed by atoms with E-state index in [1.54, 1.807) is 36.3 Å². The summed E-state index contributed by atoms with van der Waals surface area (Å²) in [6.07, 6.45) is 6.30. The van der Waals surface area contributed by atoms with Gasteiger partial charge in [0.05, 0.1) is 24.9 Å². The SMILES string of the molecule is COc1ccc(Cl)cc1NC(=O)[C@@H]1C[C@@H](n2cnnn2)CN1C/C=C/c1ccccc1. The first kappa shape index (κ1) is 21.0. The van der Waals surface area contributed by atoms with Crippen molar-refractivity contribution in [3.05, 3.63) is 71.5 Å². The predicted octanol–water partition coefficient (Wildman–Crippen LogP) is 3.30. The molecule has 0 saturated carbocycles. The molecule has 0 bridgehead atoms. The van der Waals surface area contributed by atoms with Crippen LogP contribution in [0.2, 0.25) is 5.02 Å². The maximum absolute atomic E-state index is 13.2. The summed E-state index contributed by atoms with van der Waals surface area (Å²) < 4.78 is 7.07. The summed E-state index contributed by atoms with van der Waals surface area (Å²) in [5.74, 6) is 0.438. The van der Waals surface area contributed by atoms with Gasteiger partial charge in [-0.3, -0.25) is 9.69 Å². The second kappa shape index (κ2) is 9.72. The normalized spacial score (nSPS) is 19.0. The number of rotatable bonds is 7. The van der Waals surface area contributed by atoms with Crippen LogP contribution in [-0.4, -0.2) is 57.3 Å². The Morgan fingerprint density at radius 1 is 1.29 bits per heavy atom. The van der Waals surface area contributed by atoms with E-state index in [0.29, 0.717) is 36.0 Å². The van der Waals surface area contributed by atoms with Crippen molar-refractivity contribution in [1.29, 1.82) is 0 Å². The van der Waals surface area contributed by atoms with Gasteiger partial charge in [-0.1, -0.05) is 54.1 Å². The molecule has 3 aromatic rings. The number of methoxy groups -OCH3 is 1. The molecule has 1 aliphatic rings. The summed E-state index contributed by atoms with van der Waals surface area (Å²) >= 11 is 6.11. The van der Waals surface area contributed by atoms with Crippen LogP contribution in [0.25, 0.3) is 6.08 Å². The lowest BCUT2D eigenvalue weighted by Gasteiger charge is -2.22. The summed E-state index contributed by atoms with van der Waals surface area (Å²) in [4.78, 5) is 15.3. The van der Waals surface area contributed by atoms with Crippen LogP contribution >= 0.6 is 11.6 Å². The summed E-state index contributed by atoms with van der Waals surface area (Å²) in [6, 6.07) is 14.9. The van der Waals surface area contributed by atoms with Crippen molar-refractivity contribution in [2.75, 3.05) is 25.5 Å². The van der Waals surface area contributed by atoms with Gasteiger partial charge in [-0.2, -0.15) is 0 Å². The van der Waals surface area contributed by atoms with Crippen LogP contribution in [0, 0.1) is 0 Å². The van der Waals surface area contributed by atoms with Crippen molar-refractivity contribution < 1.29 is 9.53 Å². The van der Waals surface area contributed by atoms with Gasteiger partial charge >= 0.3 is 0 Å². The number of aromatic nitrogens is 4. The fourth-order valence-electron chi connectivity index (χ4n) is 3.76. The molecule has 2 atom stereocenters. The van der Waals surface area contributed by atoms with E-state index >= 15 is 0 Å². The molecular formula is C22H23ClN6O2. The van der Waals surface area contributed by atoms with Crippen LogP contribution in [-0.2, 0) is 4.79 Å². The fraction of sp³-hybridized carbons (Fsp3) is 0.273. The number of halogens is 1. The molecule has 0 spiro atoms. The first-order valence-corrected chi connectivity index (χ1v) is 10.3. The molecule has 8 nitrogen and oxygen atoms in total. The number of hydrogen-bond acceptors (Lipinski definition) is 6. The van der Waals surface area contributed by atoms with E-state index in [1.165, 1.54) is 0 Å². The van der Waals surface area contributed by atoms with Gasteiger partial charge in [-0.05, 0) is 40.6 Å². The maximum Gasteiger partial charge on any atom is 0.241 e. The molecule has 0 radical (unpaired) electrons. The highest BCUT2D eigenvalue weighted by molar-refractivity contribution is 6.31. The van der Waals surface area contributed by atoms with Gasteiger partial charge in [-0.15, -0.1) is 5.10 Å². The molecular weight excluding hydrogens is 416 g/mol. The Bertz CT molecular complexity index is 1040. The lowest BCUT2D eigenvalue weighted by molar-refractivity contribution is -0.120. The number of nitrogens with zero attached hydrogens (tertiary/aromatic N) is 5. The van der Waals surface area contributed by atoms with Crippen molar-refractivity contribution in [2.45, 2.75) is 18.5 Å². The van der Waals surface area contributed by atoms with Crippen LogP contribution in [0.1, 0.15) is 18.0 Å². The molecule has 0 aliphatic carbocycles. The van der Waals surface area contributed by atoms with Crippen molar-refractivity contribution in [3.8, 4) is 5.75 Å². The number of tetrazole rings is 1. The second-order valence-corrected chi connectivity index (χ2v) is 7.73. The number of ether oxygens (including phenoxy) is 1.